The second-order valence-corrected chi connectivity index (χ2v) is 6.08. The van der Waals surface area contributed by atoms with E-state index in [1.54, 1.807) is 6.92 Å². The second kappa shape index (κ2) is 6.91. The van der Waals surface area contributed by atoms with Gasteiger partial charge >= 0.3 is 12.0 Å². The van der Waals surface area contributed by atoms with E-state index in [4.69, 9.17) is 0 Å². The number of amides is 2. The van der Waals surface area contributed by atoms with Gasteiger partial charge in [0.1, 0.15) is 12.6 Å². The summed E-state index contributed by atoms with van der Waals surface area (Å²) in [5.41, 5.74) is 0. The van der Waals surface area contributed by atoms with E-state index in [-0.39, 0.29) is 23.9 Å². The largest absolute Gasteiger partial charge is 0.521 e. The summed E-state index contributed by atoms with van der Waals surface area (Å²) in [6.07, 6.45) is -0.273. The van der Waals surface area contributed by atoms with Crippen molar-refractivity contribution in [2.45, 2.75) is 46.2 Å². The summed E-state index contributed by atoms with van der Waals surface area (Å²) >= 11 is 4.15. The van der Waals surface area contributed by atoms with Gasteiger partial charge in [0, 0.05) is 12.2 Å². The Balaban J connectivity index is 3.09. The number of hydrogen-bond donors (Lipinski definition) is 2. The molecule has 0 aliphatic carbocycles. The van der Waals surface area contributed by atoms with Crippen molar-refractivity contribution in [2.75, 3.05) is 25.4 Å². The van der Waals surface area contributed by atoms with E-state index >= 15 is 0 Å². The Morgan fingerprint density at radius 3 is 2.35 bits per heavy atom. The molecule has 0 aromatic heterocycles. The van der Waals surface area contributed by atoms with Gasteiger partial charge in [-0.15, -0.1) is 0 Å². The second-order valence-electron chi connectivity index (χ2n) is 5.72. The molecule has 6 heteroatoms. The molecule has 1 N–H and O–H groups in total. The zero-order chi connectivity index (χ0) is 15.5. The van der Waals surface area contributed by atoms with E-state index in [0.717, 1.165) is 19.5 Å². The number of imide groups is 1. The predicted molar refractivity (Wildman–Crippen MR) is 82.0 cm³/mol. The number of nitrogens with zero attached hydrogens (tertiary/aromatic N) is 2. The number of carbonyl (C=O) groups is 2. The lowest BCUT2D eigenvalue weighted by atomic mass is 10.1. The van der Waals surface area contributed by atoms with Crippen molar-refractivity contribution >= 4 is 24.6 Å². The smallest absolute Gasteiger partial charge is 0.435 e. The van der Waals surface area contributed by atoms with E-state index < -0.39 is 10.6 Å². The summed E-state index contributed by atoms with van der Waals surface area (Å²) in [6.45, 7) is 9.90. The van der Waals surface area contributed by atoms with Crippen molar-refractivity contribution in [3.63, 3.8) is 0 Å². The number of hydrogen-bond acceptors (Lipinski definition) is 4. The summed E-state index contributed by atoms with van der Waals surface area (Å²) in [4.78, 5) is 26.7. The fourth-order valence-electron chi connectivity index (χ4n) is 3.30. The summed E-state index contributed by atoms with van der Waals surface area (Å²) in [5.74, 6) is -0.170. The average Bonchev–Trinajstić information content (AvgIpc) is 2.77. The molecule has 5 nitrogen and oxygen atoms in total. The number of likely N-dealkylation sites (tertiary alicyclic amines) is 1. The first-order valence-electron chi connectivity index (χ1n) is 7.35. The first kappa shape index (κ1) is 17.5. The molecule has 0 radical (unpaired) electrons. The van der Waals surface area contributed by atoms with Crippen molar-refractivity contribution in [3.8, 4) is 0 Å². The molecule has 1 aliphatic heterocycles. The van der Waals surface area contributed by atoms with Crippen LogP contribution in [0.4, 0.5) is 4.79 Å². The first-order chi connectivity index (χ1) is 9.34. The van der Waals surface area contributed by atoms with Crippen molar-refractivity contribution in [3.05, 3.63) is 0 Å². The highest BCUT2D eigenvalue weighted by Gasteiger charge is 2.58. The van der Waals surface area contributed by atoms with E-state index in [0.29, 0.717) is 12.3 Å². The van der Waals surface area contributed by atoms with E-state index in [9.17, 15) is 14.7 Å². The highest BCUT2D eigenvalue weighted by molar-refractivity contribution is 7.80. The minimum Gasteiger partial charge on any atom is -0.435 e. The third-order valence-electron chi connectivity index (χ3n) is 4.62. The lowest BCUT2D eigenvalue weighted by Gasteiger charge is -2.32. The fourth-order valence-corrected chi connectivity index (χ4v) is 3.46. The SMILES string of the molecule is CCN(CC)[C@H]1C[C@@H](C)[N@+](C(=O)O)(C(=O)C(C)CS)C1. The first-order valence-corrected chi connectivity index (χ1v) is 7.98. The van der Waals surface area contributed by atoms with Gasteiger partial charge < -0.3 is 5.11 Å². The summed E-state index contributed by atoms with van der Waals surface area (Å²) in [6, 6.07) is -0.0277. The number of thiol groups is 1. The molecule has 4 atom stereocenters. The molecule has 20 heavy (non-hydrogen) atoms. The number of likely N-dealkylation sites (N-methyl/N-ethyl adjacent to an activating group) is 1. The molecule has 0 aromatic rings. The van der Waals surface area contributed by atoms with Crippen LogP contribution in [0.1, 0.15) is 34.1 Å². The standard InChI is InChI=1S/C14H26N2O3S/c1-5-15(6-2)12-7-11(4)16(8-12,14(18)19)13(17)10(3)9-20/h10-12H,5-9H2,1-4H3,(H-,18,19,20)/p+1/t10?,11-,12+,16+/m1/s1. The molecule has 1 aliphatic rings. The molecule has 1 saturated heterocycles. The van der Waals surface area contributed by atoms with Gasteiger partial charge in [0.15, 0.2) is 0 Å². The van der Waals surface area contributed by atoms with Crippen molar-refractivity contribution in [2.24, 2.45) is 5.92 Å². The molecule has 2 amide bonds. The third-order valence-corrected chi connectivity index (χ3v) is 5.17. The Morgan fingerprint density at radius 1 is 1.40 bits per heavy atom. The topological polar surface area (TPSA) is 57.6 Å². The van der Waals surface area contributed by atoms with Gasteiger partial charge in [-0.2, -0.15) is 21.9 Å². The highest BCUT2D eigenvalue weighted by atomic mass is 32.1. The van der Waals surface area contributed by atoms with Gasteiger partial charge in [0.25, 0.3) is 0 Å². The van der Waals surface area contributed by atoms with Crippen molar-refractivity contribution in [1.82, 2.24) is 4.90 Å². The minimum atomic E-state index is -1.02. The van der Waals surface area contributed by atoms with Crippen LogP contribution in [0.15, 0.2) is 0 Å². The Hall–Kier alpha value is -0.590. The van der Waals surface area contributed by atoms with Crippen LogP contribution in [-0.2, 0) is 4.79 Å². The molecule has 116 valence electrons. The van der Waals surface area contributed by atoms with Crippen LogP contribution >= 0.6 is 12.6 Å². The van der Waals surface area contributed by atoms with Gasteiger partial charge in [-0.3, -0.25) is 4.90 Å². The lowest BCUT2D eigenvalue weighted by Crippen LogP contribution is -2.61. The average molecular weight is 303 g/mol. The Morgan fingerprint density at radius 2 is 1.95 bits per heavy atom. The molecule has 0 saturated carbocycles. The van der Waals surface area contributed by atoms with E-state index in [2.05, 4.69) is 31.4 Å². The number of carbonyl (C=O) groups excluding carboxylic acids is 1. The molecule has 1 unspecified atom stereocenters. The summed E-state index contributed by atoms with van der Waals surface area (Å²) < 4.78 is -0.442. The Kier molecular flexibility index (Phi) is 6.04. The van der Waals surface area contributed by atoms with Crippen LogP contribution < -0.4 is 0 Å². The van der Waals surface area contributed by atoms with Gasteiger partial charge in [-0.05, 0) is 26.9 Å². The van der Waals surface area contributed by atoms with Gasteiger partial charge in [0.05, 0.1) is 12.0 Å². The quantitative estimate of drug-likeness (QED) is 0.603. The predicted octanol–water partition coefficient (Wildman–Crippen LogP) is 2.08. The number of quaternary nitrogens is 1. The normalized spacial score (nSPS) is 31.5. The number of rotatable bonds is 5. The van der Waals surface area contributed by atoms with Gasteiger partial charge in [-0.25, -0.2) is 4.79 Å². The minimum absolute atomic E-state index is 0.159. The maximum absolute atomic E-state index is 12.6. The van der Waals surface area contributed by atoms with E-state index in [1.165, 1.54) is 0 Å². The Labute approximate surface area is 126 Å². The zero-order valence-corrected chi connectivity index (χ0v) is 13.8. The molecule has 1 fully saturated rings. The maximum Gasteiger partial charge on any atom is 0.521 e. The molecule has 1 rings (SSSR count). The summed E-state index contributed by atoms with van der Waals surface area (Å²) in [5, 5.41) is 9.70. The summed E-state index contributed by atoms with van der Waals surface area (Å²) in [7, 11) is 0. The zero-order valence-electron chi connectivity index (χ0n) is 12.9. The van der Waals surface area contributed by atoms with Crippen molar-refractivity contribution < 1.29 is 19.2 Å². The molecule has 1 heterocycles. The van der Waals surface area contributed by atoms with Crippen LogP contribution in [0.3, 0.4) is 0 Å². The van der Waals surface area contributed by atoms with Crippen LogP contribution in [0, 0.1) is 5.92 Å². The molecule has 0 spiro atoms. The van der Waals surface area contributed by atoms with Gasteiger partial charge in [0.2, 0.25) is 0 Å². The molecular formula is C14H27N2O3S+. The van der Waals surface area contributed by atoms with Crippen LogP contribution in [-0.4, -0.2) is 64.0 Å². The number of carboxylic acid groups (broad SMARTS) is 1. The fraction of sp³-hybridized carbons (Fsp3) is 0.857. The third kappa shape index (κ3) is 2.87. The molecule has 0 aromatic carbocycles. The lowest BCUT2D eigenvalue weighted by molar-refractivity contribution is -0.794. The van der Waals surface area contributed by atoms with Crippen LogP contribution in [0.5, 0.6) is 0 Å². The Bertz CT molecular complexity index is 373. The van der Waals surface area contributed by atoms with Gasteiger partial charge in [-0.1, -0.05) is 13.8 Å². The molecular weight excluding hydrogens is 276 g/mol. The van der Waals surface area contributed by atoms with E-state index in [1.807, 2.05) is 6.92 Å². The monoisotopic (exact) mass is 303 g/mol. The van der Waals surface area contributed by atoms with Crippen LogP contribution in [0.2, 0.25) is 0 Å². The highest BCUT2D eigenvalue weighted by Crippen LogP contribution is 2.33. The van der Waals surface area contributed by atoms with Crippen molar-refractivity contribution in [1.29, 1.82) is 0 Å². The molecule has 0 bridgehead atoms. The van der Waals surface area contributed by atoms with Crippen LogP contribution in [0.25, 0.3) is 0 Å². The maximum atomic E-state index is 12.6.